The Hall–Kier alpha value is -6.50. The number of rotatable bonds is 4. The quantitative estimate of drug-likeness (QED) is 0.163. The van der Waals surface area contributed by atoms with Gasteiger partial charge in [-0.3, -0.25) is 0 Å². The van der Waals surface area contributed by atoms with Gasteiger partial charge in [0.05, 0.1) is 49.3 Å². The van der Waals surface area contributed by atoms with Gasteiger partial charge in [0, 0.05) is 0 Å². The van der Waals surface area contributed by atoms with Crippen LogP contribution in [0.5, 0.6) is 0 Å². The molecule has 0 amide bonds. The minimum absolute atomic E-state index is 0.344. The van der Waals surface area contributed by atoms with E-state index in [1.807, 2.05) is 0 Å². The van der Waals surface area contributed by atoms with Crippen molar-refractivity contribution < 1.29 is 43.9 Å². The molecule has 0 bridgehead atoms. The summed E-state index contributed by atoms with van der Waals surface area (Å²) in [5.41, 5.74) is -13.1. The highest BCUT2D eigenvalue weighted by molar-refractivity contribution is 6.25. The summed E-state index contributed by atoms with van der Waals surface area (Å²) in [4.78, 5) is 0. The molecule has 0 saturated carbocycles. The van der Waals surface area contributed by atoms with Gasteiger partial charge in [-0.05, 0) is 105 Å². The lowest BCUT2D eigenvalue weighted by atomic mass is 9.59. The zero-order valence-electron chi connectivity index (χ0n) is 57.5. The van der Waals surface area contributed by atoms with Crippen molar-refractivity contribution in [2.45, 2.75) is 5.41 Å². The Kier molecular flexibility index (Phi) is 2.37. The first-order valence-electron chi connectivity index (χ1n) is 31.2. The molecule has 0 nitrogen and oxygen atoms in total. The maximum Gasteiger partial charge on any atom is 0.0713 e. The van der Waals surface area contributed by atoms with Crippen molar-refractivity contribution >= 4 is 43.1 Å². The monoisotopic (exact) mass is 676 g/mol. The number of hydrogen-bond acceptors (Lipinski definition) is 0. The number of fused-ring (bicyclic) bond motifs is 2. The fourth-order valence-electron chi connectivity index (χ4n) is 7.00. The van der Waals surface area contributed by atoms with E-state index >= 15 is 0 Å². The number of hydrogen-bond donors (Lipinski definition) is 0. The molecule has 0 atom stereocenters. The first-order chi connectivity index (χ1) is 38.6. The topological polar surface area (TPSA) is 0 Å². The van der Waals surface area contributed by atoms with E-state index in [0.717, 1.165) is 0 Å². The second kappa shape index (κ2) is 10.7. The molecule has 0 aliphatic heterocycles. The Labute approximate surface area is 342 Å². The molecule has 0 spiro atoms. The SMILES string of the molecule is [2H]c1c([2H])c([2H])c(C2(c3c([2H])c([2H])c([2H])c([2H])c3[2H])c3c([2H])c([2H])c([2H])c([2H])c3-c3c([2H])c([2H])c([2H])c4c(-c5c([2H])c([2H])c([2H])c(-c6c([2H])c([2H])c7c([2H])c([2H])c8c([2H])c([2H])c([2H])c9c([2H])c([2H])c6c7c89)c5[2H])c([2H])c([2H])c2c34)c([2H])c1[2H]. The molecule has 1 aliphatic carbocycles. The lowest BCUT2D eigenvalue weighted by molar-refractivity contribution is 0.750. The highest BCUT2D eigenvalue weighted by atomic mass is 14.4. The van der Waals surface area contributed by atoms with Gasteiger partial charge >= 0.3 is 0 Å². The maximum atomic E-state index is 10.2. The third kappa shape index (κ3) is 3.91. The van der Waals surface area contributed by atoms with Gasteiger partial charge in [0.25, 0.3) is 0 Å². The summed E-state index contributed by atoms with van der Waals surface area (Å²) in [6.07, 6.45) is 0. The summed E-state index contributed by atoms with van der Waals surface area (Å²) in [7, 11) is 0. The fraction of sp³-hybridized carbons (Fsp3) is 0.0196. The van der Waals surface area contributed by atoms with Gasteiger partial charge in [-0.15, -0.1) is 0 Å². The van der Waals surface area contributed by atoms with Gasteiger partial charge in [-0.1, -0.05) is 187 Å². The Balaban J connectivity index is 1.45. The highest BCUT2D eigenvalue weighted by Crippen LogP contribution is 2.56. The number of benzene rings is 10. The van der Waals surface area contributed by atoms with Crippen molar-refractivity contribution in [2.75, 3.05) is 0 Å². The van der Waals surface area contributed by atoms with Gasteiger partial charge in [-0.2, -0.15) is 0 Å². The predicted octanol–water partition coefficient (Wildman–Crippen LogP) is 13.4. The van der Waals surface area contributed by atoms with Crippen LogP contribution in [-0.4, -0.2) is 0 Å². The van der Waals surface area contributed by atoms with Crippen molar-refractivity contribution in [1.29, 1.82) is 0 Å². The lowest BCUT2D eigenvalue weighted by Gasteiger charge is -2.42. The van der Waals surface area contributed by atoms with E-state index in [2.05, 4.69) is 0 Å². The molecule has 0 N–H and O–H groups in total. The summed E-state index contributed by atoms with van der Waals surface area (Å²) in [5, 5.41) is -4.58. The second-order valence-electron chi connectivity index (χ2n) is 11.5. The molecule has 1 aliphatic rings. The molecule has 0 saturated heterocycles. The third-order valence-corrected chi connectivity index (χ3v) is 9.06. The van der Waals surface area contributed by atoms with Crippen molar-refractivity contribution in [3.05, 3.63) is 216 Å². The van der Waals surface area contributed by atoms with E-state index in [0.29, 0.717) is 0 Å². The standard InChI is InChI=1S/C51H32/c1-3-16-38(17-4-1)51(39-18-5-2-6-19-39)46-23-8-7-20-42(46)44-22-11-21-43-41(30-31-47(51)50(43)44)37-15-10-14-36(32-37)40-28-26-35-25-24-33-12-9-13-34-27-29-45(40)49(35)48(33)34/h1-32H/i1D,2D,3D,4D,5D,6D,7D,8D,9D,10D,11D,12D,13D,14D,15D,16D,17D,18D,19D,20D,21D,22D,23D,24D,25D,26D,27D,28D,29D,30D,31D,32D. The van der Waals surface area contributed by atoms with Crippen LogP contribution in [0.3, 0.4) is 0 Å². The fourth-order valence-corrected chi connectivity index (χ4v) is 7.00. The summed E-state index contributed by atoms with van der Waals surface area (Å²) in [6.45, 7) is 0. The molecular formula is C51H32. The Morgan fingerprint density at radius 3 is 1.57 bits per heavy atom. The van der Waals surface area contributed by atoms with Crippen molar-refractivity contribution in [2.24, 2.45) is 0 Å². The van der Waals surface area contributed by atoms with E-state index in [1.165, 1.54) is 0 Å². The highest BCUT2D eigenvalue weighted by Gasteiger charge is 2.44. The van der Waals surface area contributed by atoms with Crippen LogP contribution in [0, 0.1) is 0 Å². The van der Waals surface area contributed by atoms with Crippen LogP contribution in [-0.2, 0) is 5.41 Å². The van der Waals surface area contributed by atoms with E-state index in [4.69, 9.17) is 17.8 Å². The average molecular weight is 677 g/mol. The normalized spacial score (nSPS) is 22.0. The Bertz CT molecular complexity index is 4660. The van der Waals surface area contributed by atoms with Crippen LogP contribution in [0.1, 0.15) is 66.1 Å². The summed E-state index contributed by atoms with van der Waals surface area (Å²) >= 11 is 0. The molecule has 0 fully saturated rings. The van der Waals surface area contributed by atoms with E-state index < -0.39 is 292 Å². The van der Waals surface area contributed by atoms with Crippen LogP contribution in [0.25, 0.3) is 76.5 Å². The van der Waals surface area contributed by atoms with Gasteiger partial charge < -0.3 is 0 Å². The van der Waals surface area contributed by atoms with Crippen LogP contribution in [0.15, 0.2) is 193 Å². The summed E-state index contributed by atoms with van der Waals surface area (Å²) < 4.78 is 297. The van der Waals surface area contributed by atoms with Crippen LogP contribution in [0.2, 0.25) is 0 Å². The zero-order valence-corrected chi connectivity index (χ0v) is 25.5. The maximum absolute atomic E-state index is 10.2. The second-order valence-corrected chi connectivity index (χ2v) is 11.5. The van der Waals surface area contributed by atoms with Crippen LogP contribution >= 0.6 is 0 Å². The molecular weight excluding hydrogens is 613 g/mol. The summed E-state index contributed by atoms with van der Waals surface area (Å²) in [5.74, 6) is 0. The van der Waals surface area contributed by atoms with Gasteiger partial charge in [0.1, 0.15) is 0 Å². The van der Waals surface area contributed by atoms with Gasteiger partial charge in [0.15, 0.2) is 0 Å². The molecule has 0 heteroatoms. The Morgan fingerprint density at radius 1 is 0.314 bits per heavy atom. The molecule has 0 heterocycles. The predicted molar refractivity (Wildman–Crippen MR) is 216 cm³/mol. The molecule has 0 radical (unpaired) electrons. The molecule has 0 aromatic heterocycles. The first-order valence-corrected chi connectivity index (χ1v) is 15.2. The average Bonchev–Trinajstić information content (AvgIpc) is 0.836. The smallest absolute Gasteiger partial charge is 0.0622 e. The van der Waals surface area contributed by atoms with E-state index in [9.17, 15) is 26.0 Å². The van der Waals surface area contributed by atoms with Gasteiger partial charge in [-0.25, -0.2) is 0 Å². The minimum Gasteiger partial charge on any atom is -0.0622 e. The third-order valence-electron chi connectivity index (χ3n) is 9.06. The van der Waals surface area contributed by atoms with Crippen LogP contribution in [0.4, 0.5) is 0 Å². The molecule has 51 heavy (non-hydrogen) atoms. The largest absolute Gasteiger partial charge is 0.0713 e. The molecule has 10 aromatic carbocycles. The zero-order chi connectivity index (χ0) is 61.4. The van der Waals surface area contributed by atoms with Crippen LogP contribution < -0.4 is 0 Å². The molecule has 0 unspecified atom stereocenters. The minimum atomic E-state index is -3.42. The molecule has 11 rings (SSSR count). The van der Waals surface area contributed by atoms with Gasteiger partial charge in [0.2, 0.25) is 0 Å². The van der Waals surface area contributed by atoms with Crippen molar-refractivity contribution in [3.8, 4) is 33.4 Å². The molecule has 236 valence electrons. The molecule has 10 aromatic rings. The summed E-state index contributed by atoms with van der Waals surface area (Å²) in [6, 6.07) is -34.3. The van der Waals surface area contributed by atoms with Crippen molar-refractivity contribution in [3.63, 3.8) is 0 Å². The van der Waals surface area contributed by atoms with E-state index in [-0.39, 0.29) is 5.39 Å². The van der Waals surface area contributed by atoms with Crippen molar-refractivity contribution in [1.82, 2.24) is 0 Å². The van der Waals surface area contributed by atoms with E-state index in [1.54, 1.807) is 0 Å². The lowest BCUT2D eigenvalue weighted by Crippen LogP contribution is -2.33. The Morgan fingerprint density at radius 2 is 0.843 bits per heavy atom. The first kappa shape index (κ1) is 11.3.